The van der Waals surface area contributed by atoms with Gasteiger partial charge >= 0.3 is 5.97 Å². The number of aliphatic hydroxyl groups excluding tert-OH is 3. The zero-order valence-electron chi connectivity index (χ0n) is 15.3. The van der Waals surface area contributed by atoms with Gasteiger partial charge in [-0.1, -0.05) is 12.1 Å². The largest absolute Gasteiger partial charge is 0.479 e. The van der Waals surface area contributed by atoms with E-state index in [2.05, 4.69) is 0 Å². The van der Waals surface area contributed by atoms with Crippen LogP contribution in [0.4, 0.5) is 0 Å². The lowest BCUT2D eigenvalue weighted by Gasteiger charge is -2.38. The lowest BCUT2D eigenvalue weighted by molar-refractivity contribution is -0.271. The van der Waals surface area contributed by atoms with Gasteiger partial charge in [-0.2, -0.15) is 0 Å². The fraction of sp³-hybridized carbons (Fsp3) is 0.588. The van der Waals surface area contributed by atoms with Crippen LogP contribution in [0.5, 0.6) is 5.75 Å². The summed E-state index contributed by atoms with van der Waals surface area (Å²) in [7, 11) is -2.92. The second-order valence-electron chi connectivity index (χ2n) is 6.41. The monoisotopic (exact) mass is 472 g/mol. The van der Waals surface area contributed by atoms with E-state index in [1.54, 1.807) is 12.1 Å². The molecule has 1 heterocycles. The Morgan fingerprint density at radius 2 is 1.62 bits per heavy atom. The van der Waals surface area contributed by atoms with Crippen LogP contribution in [0.25, 0.3) is 0 Å². The number of carboxylic acid groups (broad SMARTS) is 1. The highest BCUT2D eigenvalue weighted by molar-refractivity contribution is 7.59. The number of alkyl halides is 2. The quantitative estimate of drug-likeness (QED) is 0.292. The zero-order valence-corrected chi connectivity index (χ0v) is 17.7. The third-order valence-corrected chi connectivity index (χ3v) is 7.62. The van der Waals surface area contributed by atoms with E-state index in [-0.39, 0.29) is 36.4 Å². The molecule has 164 valence electrons. The normalized spacial score (nSPS) is 27.6. The van der Waals surface area contributed by atoms with Crippen LogP contribution in [0.3, 0.4) is 0 Å². The van der Waals surface area contributed by atoms with Crippen LogP contribution < -0.4 is 4.74 Å². The van der Waals surface area contributed by atoms with E-state index in [0.717, 1.165) is 0 Å². The van der Waals surface area contributed by atoms with Crippen LogP contribution in [0, 0.1) is 0 Å². The van der Waals surface area contributed by atoms with Gasteiger partial charge in [-0.3, -0.25) is 4.57 Å². The highest BCUT2D eigenvalue weighted by Gasteiger charge is 2.48. The molecule has 12 heteroatoms. The molecule has 0 aromatic heterocycles. The number of hydrogen-bond acceptors (Lipinski definition) is 8. The van der Waals surface area contributed by atoms with E-state index in [1.165, 1.54) is 12.1 Å². The highest BCUT2D eigenvalue weighted by atomic mass is 35.5. The van der Waals surface area contributed by atoms with E-state index in [0.29, 0.717) is 5.56 Å². The number of carbonyl (C=O) groups is 1. The molecule has 1 aromatic carbocycles. The molecule has 1 aliphatic heterocycles. The average molecular weight is 473 g/mol. The van der Waals surface area contributed by atoms with Gasteiger partial charge in [-0.15, -0.1) is 23.2 Å². The lowest BCUT2D eigenvalue weighted by atomic mass is 9.99. The summed E-state index contributed by atoms with van der Waals surface area (Å²) in [5.41, 5.74) is 0.686. The van der Waals surface area contributed by atoms with Crippen molar-refractivity contribution in [2.45, 2.75) is 37.3 Å². The maximum atomic E-state index is 12.5. The summed E-state index contributed by atoms with van der Waals surface area (Å²) in [4.78, 5) is 11.1. The standard InChI is InChI=1S/C17H23Cl2O9P/c18-5-7-29(25,8-6-19)26-9-10-1-3-11(4-2-10)27-17-14(22)12(20)13(21)15(28-17)16(23)24/h1-4,12-15,17,20-22H,5-9H2,(H,23,24)/t12-,13-,14+,15-,17+/m0/s1. The molecular weight excluding hydrogens is 450 g/mol. The number of rotatable bonds is 10. The Hall–Kier alpha value is -0.900. The van der Waals surface area contributed by atoms with E-state index in [9.17, 15) is 24.7 Å². The SMILES string of the molecule is O=C(O)[C@H]1O[C@@H](Oc2ccc(COP(=O)(CCCl)CCCl)cc2)[C@H](O)[C@@H](O)[C@@H]1O. The molecule has 1 fully saturated rings. The van der Waals surface area contributed by atoms with Crippen LogP contribution in [0.15, 0.2) is 24.3 Å². The molecule has 1 aromatic rings. The fourth-order valence-corrected chi connectivity index (χ4v) is 5.56. The fourth-order valence-electron chi connectivity index (χ4n) is 2.64. The Morgan fingerprint density at radius 3 is 2.14 bits per heavy atom. The molecule has 0 amide bonds. The van der Waals surface area contributed by atoms with Gasteiger partial charge in [0.05, 0.1) is 6.61 Å². The third kappa shape index (κ3) is 6.54. The molecule has 29 heavy (non-hydrogen) atoms. The van der Waals surface area contributed by atoms with Gasteiger partial charge in [0, 0.05) is 24.1 Å². The highest BCUT2D eigenvalue weighted by Crippen LogP contribution is 2.47. The number of aliphatic carboxylic acids is 1. The minimum atomic E-state index is -2.92. The third-order valence-electron chi connectivity index (χ3n) is 4.31. The summed E-state index contributed by atoms with van der Waals surface area (Å²) in [6, 6.07) is 6.26. The van der Waals surface area contributed by atoms with Crippen molar-refractivity contribution in [1.29, 1.82) is 0 Å². The van der Waals surface area contributed by atoms with Gasteiger partial charge in [-0.05, 0) is 17.7 Å². The summed E-state index contributed by atoms with van der Waals surface area (Å²) < 4.78 is 28.5. The average Bonchev–Trinajstić information content (AvgIpc) is 2.68. The first-order valence-corrected chi connectivity index (χ1v) is 11.8. The molecule has 2 rings (SSSR count). The Kier molecular flexibility index (Phi) is 9.18. The van der Waals surface area contributed by atoms with E-state index in [4.69, 9.17) is 42.3 Å². The molecule has 0 aliphatic carbocycles. The lowest BCUT2D eigenvalue weighted by Crippen LogP contribution is -2.61. The number of aliphatic hydroxyl groups is 3. The van der Waals surface area contributed by atoms with E-state index in [1.807, 2.05) is 0 Å². The second kappa shape index (κ2) is 10.9. The van der Waals surface area contributed by atoms with Crippen molar-refractivity contribution in [3.05, 3.63) is 29.8 Å². The van der Waals surface area contributed by atoms with Gasteiger partial charge in [0.2, 0.25) is 13.7 Å². The van der Waals surface area contributed by atoms with Gasteiger partial charge in [0.25, 0.3) is 0 Å². The van der Waals surface area contributed by atoms with Gasteiger partial charge in [0.15, 0.2) is 6.10 Å². The zero-order chi connectivity index (χ0) is 21.6. The van der Waals surface area contributed by atoms with E-state index < -0.39 is 44.0 Å². The molecule has 5 atom stereocenters. The van der Waals surface area contributed by atoms with Crippen molar-refractivity contribution < 1.29 is 43.8 Å². The summed E-state index contributed by atoms with van der Waals surface area (Å²) in [5, 5.41) is 38.5. The maximum absolute atomic E-state index is 12.5. The molecule has 9 nitrogen and oxygen atoms in total. The van der Waals surface area contributed by atoms with Crippen LogP contribution >= 0.6 is 30.6 Å². The van der Waals surface area contributed by atoms with Crippen LogP contribution in [0.1, 0.15) is 5.56 Å². The van der Waals surface area contributed by atoms with Crippen LogP contribution in [-0.2, 0) is 25.2 Å². The topological polar surface area (TPSA) is 143 Å². The first kappa shape index (κ1) is 24.4. The summed E-state index contributed by atoms with van der Waals surface area (Å²) >= 11 is 11.3. The molecule has 0 spiro atoms. The summed E-state index contributed by atoms with van der Waals surface area (Å²) in [5.74, 6) is -0.886. The summed E-state index contributed by atoms with van der Waals surface area (Å²) in [6.45, 7) is 0.0693. The molecule has 0 radical (unpaired) electrons. The first-order valence-electron chi connectivity index (χ1n) is 8.73. The van der Waals surface area contributed by atoms with Crippen molar-refractivity contribution in [3.8, 4) is 5.75 Å². The summed E-state index contributed by atoms with van der Waals surface area (Å²) in [6.07, 6.45) is -8.00. The van der Waals surface area contributed by atoms with Crippen molar-refractivity contribution in [2.24, 2.45) is 0 Å². The Labute approximate surface area is 177 Å². The smallest absolute Gasteiger partial charge is 0.335 e. The number of benzene rings is 1. The minimum absolute atomic E-state index is 0.0693. The number of hydrogen-bond donors (Lipinski definition) is 4. The van der Waals surface area contributed by atoms with Crippen LogP contribution in [-0.4, -0.2) is 81.2 Å². The number of halogens is 2. The molecule has 1 saturated heterocycles. The molecule has 0 bridgehead atoms. The molecule has 0 unspecified atom stereocenters. The molecular formula is C17H23Cl2O9P. The van der Waals surface area contributed by atoms with Crippen molar-refractivity contribution in [1.82, 2.24) is 0 Å². The van der Waals surface area contributed by atoms with E-state index >= 15 is 0 Å². The predicted octanol–water partition coefficient (Wildman–Crippen LogP) is 1.23. The van der Waals surface area contributed by atoms with Crippen molar-refractivity contribution >= 4 is 36.5 Å². The predicted molar refractivity (Wildman–Crippen MR) is 105 cm³/mol. The number of carboxylic acids is 1. The Balaban J connectivity index is 1.99. The Morgan fingerprint density at radius 1 is 1.03 bits per heavy atom. The maximum Gasteiger partial charge on any atom is 0.335 e. The van der Waals surface area contributed by atoms with Crippen molar-refractivity contribution in [2.75, 3.05) is 24.1 Å². The second-order valence-corrected chi connectivity index (χ2v) is 9.95. The van der Waals surface area contributed by atoms with Gasteiger partial charge in [-0.25, -0.2) is 4.79 Å². The minimum Gasteiger partial charge on any atom is -0.479 e. The number of ether oxygens (including phenoxy) is 2. The Bertz CT molecular complexity index is 707. The molecule has 4 N–H and O–H groups in total. The molecule has 0 saturated carbocycles. The molecule has 1 aliphatic rings. The van der Waals surface area contributed by atoms with Gasteiger partial charge < -0.3 is 34.4 Å². The first-order chi connectivity index (χ1) is 13.7. The van der Waals surface area contributed by atoms with Crippen molar-refractivity contribution in [3.63, 3.8) is 0 Å². The van der Waals surface area contributed by atoms with Gasteiger partial charge in [0.1, 0.15) is 24.1 Å². The van der Waals surface area contributed by atoms with Crippen LogP contribution in [0.2, 0.25) is 0 Å².